The first kappa shape index (κ1) is 107. The normalized spacial score (nSPS) is 13.5. The van der Waals surface area contributed by atoms with Crippen LogP contribution in [0.5, 0.6) is 0 Å². The van der Waals surface area contributed by atoms with Crippen LogP contribution in [0.1, 0.15) is 11.1 Å². The molecule has 1 unspecified atom stereocenters. The zero-order valence-corrected chi connectivity index (χ0v) is 70.2. The Balaban J connectivity index is -0.00000286. The second-order valence-corrected chi connectivity index (χ2v) is 26.3. The van der Waals surface area contributed by atoms with E-state index in [4.69, 9.17) is 72.2 Å². The molecule has 0 aliphatic carbocycles. The number of hydrogen-bond donors (Lipinski definition) is 23. The smallest absolute Gasteiger partial charge is 0.323 e. The van der Waals surface area contributed by atoms with Crippen molar-refractivity contribution in [2.75, 3.05) is 99.6 Å². The van der Waals surface area contributed by atoms with Gasteiger partial charge in [-0.15, -0.1) is 11.6 Å². The molecule has 7 rings (SSSR count). The summed E-state index contributed by atoms with van der Waals surface area (Å²) in [6.45, 7) is -5.27. The first-order chi connectivity index (χ1) is 49.0. The summed E-state index contributed by atoms with van der Waals surface area (Å²) in [5, 5.41) is 129. The summed E-state index contributed by atoms with van der Waals surface area (Å²) in [6, 6.07) is 14.9. The summed E-state index contributed by atoms with van der Waals surface area (Å²) in [4.78, 5) is 83.7. The Kier molecular flexibility index (Phi) is 51.8. The molecular formula is C55H72ClN13Na4O32S4. The summed E-state index contributed by atoms with van der Waals surface area (Å²) >= 11 is 5.27. The Morgan fingerprint density at radius 3 is 1.05 bits per heavy atom. The Bertz CT molecular complexity index is 4240. The molecular weight excluding hydrogens is 1610 g/mol. The zero-order valence-electron chi connectivity index (χ0n) is 58.2. The minimum Gasteiger partial charge on any atom is -0.483 e. The number of carbonyl (C=O) groups is 5. The minimum atomic E-state index is -5.17. The van der Waals surface area contributed by atoms with Crippen molar-refractivity contribution < 1.29 is 152 Å². The number of aliphatic carboxylic acids is 4. The van der Waals surface area contributed by atoms with Gasteiger partial charge < -0.3 is 102 Å². The van der Waals surface area contributed by atoms with Crippen LogP contribution in [0.4, 0.5) is 46.5 Å². The van der Waals surface area contributed by atoms with E-state index in [1.165, 1.54) is 36.4 Å². The first-order valence-corrected chi connectivity index (χ1v) is 35.0. The van der Waals surface area contributed by atoms with Gasteiger partial charge in [0.05, 0.1) is 66.2 Å². The third-order valence-electron chi connectivity index (χ3n) is 12.0. The second kappa shape index (κ2) is 52.6. The van der Waals surface area contributed by atoms with Gasteiger partial charge in [-0.3, -0.25) is 52.2 Å². The van der Waals surface area contributed by atoms with Crippen LogP contribution in [0, 0.1) is 0 Å². The summed E-state index contributed by atoms with van der Waals surface area (Å²) in [5.41, 5.74) is -1.96. The summed E-state index contributed by atoms with van der Waals surface area (Å²) in [5.74, 6) is -7.02. The third kappa shape index (κ3) is 41.1. The zero-order chi connectivity index (χ0) is 79.7. The van der Waals surface area contributed by atoms with E-state index >= 15 is 0 Å². The van der Waals surface area contributed by atoms with E-state index in [1.54, 1.807) is 0 Å². The SMILES string of the molecule is CNC.ClCC1CO1.O=C(O)CN(CC(=O)O)c1nc(Nc2ccc(S(=O)(=O)O)cc2)nc(=Nc2ccc(C=Cc3ccc(N=c4nc(Nc5ccc(S(=O)(=O)O)cc5)nc(N(CC(=O)O)CC(=O)O)[nH]4)cc3S(=O)(=O)O)c(S(=O)(=O)O)c2)[nH]1.O=CO.OCC(O)CO.OC[C@@H](O)[C@@H](O)[C@H](O)[C@@H](O)CO.[Na].[Na].[Na].[Na]. The fourth-order valence-electron chi connectivity index (χ4n) is 7.24. The Labute approximate surface area is 712 Å². The Morgan fingerprint density at radius 2 is 0.835 bits per heavy atom. The molecule has 54 heteroatoms. The number of aromatic nitrogens is 6. The second-order valence-electron chi connectivity index (χ2n) is 20.3. The van der Waals surface area contributed by atoms with Gasteiger partial charge in [0.1, 0.15) is 66.5 Å². The topological polar surface area (TPSA) is 749 Å². The van der Waals surface area contributed by atoms with Crippen molar-refractivity contribution in [1.82, 2.24) is 35.2 Å². The molecule has 2 aromatic heterocycles. The van der Waals surface area contributed by atoms with E-state index in [-0.39, 0.29) is 172 Å². The molecule has 45 nitrogen and oxygen atoms in total. The van der Waals surface area contributed by atoms with Gasteiger partial charge in [-0.05, 0) is 98.0 Å². The van der Waals surface area contributed by atoms with Gasteiger partial charge in [-0.1, -0.05) is 24.3 Å². The van der Waals surface area contributed by atoms with E-state index in [0.717, 1.165) is 77.1 Å². The van der Waals surface area contributed by atoms with Crippen molar-refractivity contribution in [3.05, 3.63) is 107 Å². The quantitative estimate of drug-likeness (QED) is 0.00499. The number of carboxylic acids is 4. The number of aliphatic hydroxyl groups excluding tert-OH is 9. The number of anilines is 6. The number of aliphatic hydroxyl groups is 9. The van der Waals surface area contributed by atoms with E-state index in [2.05, 4.69) is 55.8 Å². The fraction of sp³-hybridized carbons (Fsp3) is 0.327. The van der Waals surface area contributed by atoms with Crippen LogP contribution in [0.25, 0.3) is 12.2 Å². The predicted octanol–water partition coefficient (Wildman–Crippen LogP) is -5.63. The molecule has 1 aliphatic rings. The third-order valence-corrected chi connectivity index (χ3v) is 15.9. The first-order valence-electron chi connectivity index (χ1n) is 28.7. The molecule has 1 fully saturated rings. The van der Waals surface area contributed by atoms with Gasteiger partial charge in [0, 0.05) is 130 Å². The monoisotopic (exact) mass is 1680 g/mol. The van der Waals surface area contributed by atoms with Gasteiger partial charge in [-0.2, -0.15) is 53.6 Å². The molecule has 4 aromatic carbocycles. The molecule has 0 bridgehead atoms. The molecule has 0 amide bonds. The van der Waals surface area contributed by atoms with Crippen molar-refractivity contribution in [2.24, 2.45) is 9.98 Å². The molecule has 109 heavy (non-hydrogen) atoms. The average molecular weight is 1680 g/mol. The number of hydrogen-bond acceptors (Lipinski definition) is 34. The Morgan fingerprint density at radius 1 is 0.541 bits per heavy atom. The maximum atomic E-state index is 12.8. The molecule has 5 atom stereocenters. The molecule has 0 saturated carbocycles. The van der Waals surface area contributed by atoms with E-state index in [9.17, 15) is 91.5 Å². The molecule has 1 saturated heterocycles. The molecule has 6 aromatic rings. The summed E-state index contributed by atoms with van der Waals surface area (Å²) < 4.78 is 141. The number of benzene rings is 4. The number of alkyl halides is 1. The number of nitrogens with one attached hydrogen (secondary N) is 5. The average Bonchev–Trinajstić information content (AvgIpc) is 1.68. The number of aromatic amines is 2. The van der Waals surface area contributed by atoms with Gasteiger partial charge in [0.2, 0.25) is 35.0 Å². The number of ether oxygens (including phenoxy) is 1. The van der Waals surface area contributed by atoms with E-state index in [1.807, 2.05) is 14.1 Å². The number of epoxide rings is 1. The molecule has 23 N–H and O–H groups in total. The summed E-state index contributed by atoms with van der Waals surface area (Å²) in [6.07, 6.45) is -4.92. The van der Waals surface area contributed by atoms with E-state index < -0.39 is 189 Å². The molecule has 3 heterocycles. The van der Waals surface area contributed by atoms with Crippen molar-refractivity contribution in [2.45, 2.75) is 56.2 Å². The number of halogens is 1. The van der Waals surface area contributed by atoms with Crippen molar-refractivity contribution in [1.29, 1.82) is 0 Å². The molecule has 1 aliphatic heterocycles. The Hall–Kier alpha value is -5.72. The van der Waals surface area contributed by atoms with Crippen LogP contribution in [-0.4, -0.2) is 418 Å². The summed E-state index contributed by atoms with van der Waals surface area (Å²) in [7, 11) is -15.8. The van der Waals surface area contributed by atoms with Crippen LogP contribution in [0.2, 0.25) is 0 Å². The van der Waals surface area contributed by atoms with Crippen molar-refractivity contribution in [3.8, 4) is 0 Å². The maximum absolute atomic E-state index is 12.8. The van der Waals surface area contributed by atoms with Crippen LogP contribution in [0.3, 0.4) is 0 Å². The van der Waals surface area contributed by atoms with Gasteiger partial charge in [0.15, 0.2) is 0 Å². The molecule has 4 radical (unpaired) electrons. The van der Waals surface area contributed by atoms with Crippen molar-refractivity contribution >= 4 is 259 Å². The van der Waals surface area contributed by atoms with Crippen LogP contribution in [-0.2, 0) is 69.2 Å². The predicted molar refractivity (Wildman–Crippen MR) is 384 cm³/mol. The van der Waals surface area contributed by atoms with Crippen LogP contribution < -0.4 is 37.0 Å². The van der Waals surface area contributed by atoms with Crippen LogP contribution in [0.15, 0.2) is 114 Å². The van der Waals surface area contributed by atoms with E-state index in [0.29, 0.717) is 12.0 Å². The van der Waals surface area contributed by atoms with Crippen LogP contribution >= 0.6 is 11.6 Å². The number of nitrogens with zero attached hydrogens (tertiary/aromatic N) is 8. The number of rotatable bonds is 30. The maximum Gasteiger partial charge on any atom is 0.323 e. The minimum absolute atomic E-state index is 0. The number of H-pyrrole nitrogens is 2. The van der Waals surface area contributed by atoms with Gasteiger partial charge >= 0.3 is 23.9 Å². The standard InChI is InChI=1S/C40H36N12O20S4.C6H14O6.C3H5ClO.C3H8O3.C2H7N.CH2O2.4Na/c53-31(54)17-51(18-32(55)56)39-47-35(41-23-7-11-27(12-8-23)73(61,62)63)45-37(49-39)43-25-5-3-21(29(15-25)75(67,68)69)1-2-22-4-6-26(16-30(22)76(70,71)72)44-38-46-36(42-24-9-13-28(14-10-24)74(64,65)66)48-40(50-38)52(19-33(57)58)20-34(59)60;7-1-3(9)5(11)6(12)4(10)2-8;4-1-3-2-5-3;4-1-3(6)2-5;1-3-2;2-1-3;;;;/h1-16H,17-20H2,(H,53,54)(H,55,56)(H,57,58)(H,59,60)(H,61,62,63)(H,64,65,66)(H,67,68,69)(H,70,71,72)(H2,41,43,45,47,49)(H2,42,44,46,48,50);3-12H,1-2H2;3H,1-2H2;3-6H,1-2H2;3H,1-2H3;1H,(H,2,3);;;;/t;3-,4+,5-,6-;;;;;;;;/m.1......../s1. The number of carboxylic acid groups (broad SMARTS) is 5. The molecule has 0 spiro atoms. The van der Waals surface area contributed by atoms with Crippen molar-refractivity contribution in [3.63, 3.8) is 0 Å². The molecule has 584 valence electrons. The largest absolute Gasteiger partial charge is 0.483 e. The van der Waals surface area contributed by atoms with Gasteiger partial charge in [-0.25, -0.2) is 9.98 Å². The fourth-order valence-corrected chi connectivity index (χ4v) is 9.79. The van der Waals surface area contributed by atoms with Gasteiger partial charge in [0.25, 0.3) is 46.9 Å².